The van der Waals surface area contributed by atoms with Gasteiger partial charge in [0, 0.05) is 37.3 Å². The first-order valence-corrected chi connectivity index (χ1v) is 11.1. The van der Waals surface area contributed by atoms with Crippen LogP contribution in [0.2, 0.25) is 0 Å². The van der Waals surface area contributed by atoms with Gasteiger partial charge < -0.3 is 4.90 Å². The lowest BCUT2D eigenvalue weighted by Crippen LogP contribution is -2.42. The molecule has 28 heavy (non-hydrogen) atoms. The number of hydrogen-bond acceptors (Lipinski definition) is 3. The number of piperidine rings is 1. The minimum atomic E-state index is 0.135. The molecule has 2 aliphatic rings. The normalized spacial score (nSPS) is 21.5. The maximum atomic E-state index is 13.0. The van der Waals surface area contributed by atoms with Crippen LogP contribution < -0.4 is 4.90 Å². The summed E-state index contributed by atoms with van der Waals surface area (Å²) in [5.74, 6) is 1.14. The number of likely N-dealkylation sites (tertiary alicyclic amines) is 1. The molecule has 1 saturated heterocycles. The van der Waals surface area contributed by atoms with E-state index >= 15 is 0 Å². The first kappa shape index (κ1) is 20.6. The minimum absolute atomic E-state index is 0.135. The molecule has 0 aromatic heterocycles. The summed E-state index contributed by atoms with van der Waals surface area (Å²) in [6, 6.07) is 8.97. The highest BCUT2D eigenvalue weighted by atomic mass is 16.2. The number of aliphatic imine (C=N–C) groups is 1. The molecule has 1 saturated carbocycles. The van der Waals surface area contributed by atoms with Gasteiger partial charge in [0.05, 0.1) is 6.04 Å². The highest BCUT2D eigenvalue weighted by Gasteiger charge is 2.28. The van der Waals surface area contributed by atoms with Crippen molar-refractivity contribution in [1.82, 2.24) is 4.90 Å². The number of amides is 1. The fourth-order valence-corrected chi connectivity index (χ4v) is 4.37. The molecule has 1 aliphatic heterocycles. The lowest BCUT2D eigenvalue weighted by molar-refractivity contribution is -0.124. The van der Waals surface area contributed by atoms with E-state index in [1.165, 1.54) is 37.8 Å². The van der Waals surface area contributed by atoms with Gasteiger partial charge in [0.25, 0.3) is 5.91 Å². The summed E-state index contributed by atoms with van der Waals surface area (Å²) < 4.78 is 0. The molecule has 1 aliphatic carbocycles. The summed E-state index contributed by atoms with van der Waals surface area (Å²) in [5, 5.41) is 0. The molecule has 0 atom stereocenters. The van der Waals surface area contributed by atoms with Crippen LogP contribution in [0.25, 0.3) is 6.08 Å². The third-order valence-electron chi connectivity index (χ3n) is 6.03. The summed E-state index contributed by atoms with van der Waals surface area (Å²) in [4.78, 5) is 22.3. The molecular weight excluding hydrogens is 346 g/mol. The first-order chi connectivity index (χ1) is 13.7. The van der Waals surface area contributed by atoms with Gasteiger partial charge in [-0.15, -0.1) is 0 Å². The zero-order chi connectivity index (χ0) is 19.9. The molecule has 2 fully saturated rings. The van der Waals surface area contributed by atoms with Gasteiger partial charge in [-0.2, -0.15) is 0 Å². The molecule has 0 radical (unpaired) electrons. The van der Waals surface area contributed by atoms with Crippen LogP contribution in [0.1, 0.15) is 71.3 Å². The maximum absolute atomic E-state index is 13.0. The molecule has 152 valence electrons. The third kappa shape index (κ3) is 4.84. The Labute approximate surface area is 170 Å². The van der Waals surface area contributed by atoms with Crippen molar-refractivity contribution in [2.24, 2.45) is 4.99 Å². The van der Waals surface area contributed by atoms with Crippen molar-refractivity contribution in [3.8, 4) is 0 Å². The van der Waals surface area contributed by atoms with E-state index in [2.05, 4.69) is 56.0 Å². The van der Waals surface area contributed by atoms with Crippen LogP contribution in [0, 0.1) is 0 Å². The average Bonchev–Trinajstić information content (AvgIpc) is 2.73. The Morgan fingerprint density at radius 1 is 1.04 bits per heavy atom. The largest absolute Gasteiger partial charge is 0.372 e. The van der Waals surface area contributed by atoms with Gasteiger partial charge in [0.1, 0.15) is 5.84 Å². The number of nitrogens with zero attached hydrogens (tertiary/aromatic N) is 3. The summed E-state index contributed by atoms with van der Waals surface area (Å²) >= 11 is 0. The van der Waals surface area contributed by atoms with Crippen molar-refractivity contribution in [2.45, 2.75) is 71.8 Å². The summed E-state index contributed by atoms with van der Waals surface area (Å²) in [5.41, 5.74) is 3.24. The second-order valence-electron chi connectivity index (χ2n) is 7.82. The van der Waals surface area contributed by atoms with E-state index in [1.807, 2.05) is 4.90 Å². The van der Waals surface area contributed by atoms with E-state index in [-0.39, 0.29) is 5.91 Å². The van der Waals surface area contributed by atoms with Crippen LogP contribution in [0.15, 0.2) is 34.8 Å². The van der Waals surface area contributed by atoms with E-state index in [0.29, 0.717) is 12.6 Å². The van der Waals surface area contributed by atoms with Gasteiger partial charge in [0.15, 0.2) is 0 Å². The van der Waals surface area contributed by atoms with Crippen LogP contribution in [-0.2, 0) is 4.79 Å². The van der Waals surface area contributed by atoms with Gasteiger partial charge in [-0.25, -0.2) is 0 Å². The first-order valence-electron chi connectivity index (χ1n) is 11.1. The third-order valence-corrected chi connectivity index (χ3v) is 6.03. The molecule has 0 unspecified atom stereocenters. The second kappa shape index (κ2) is 9.90. The molecular formula is C24H35N3O. The van der Waals surface area contributed by atoms with Crippen LogP contribution in [0.3, 0.4) is 0 Å². The van der Waals surface area contributed by atoms with Crippen molar-refractivity contribution in [3.05, 3.63) is 35.4 Å². The number of carbonyl (C=O) groups is 1. The zero-order valence-corrected chi connectivity index (χ0v) is 17.8. The fraction of sp³-hybridized carbons (Fsp3) is 0.583. The molecule has 3 rings (SSSR count). The van der Waals surface area contributed by atoms with E-state index in [1.54, 1.807) is 0 Å². The van der Waals surface area contributed by atoms with Crippen LogP contribution >= 0.6 is 0 Å². The van der Waals surface area contributed by atoms with Crippen molar-refractivity contribution < 1.29 is 4.79 Å². The molecule has 1 heterocycles. The predicted molar refractivity (Wildman–Crippen MR) is 119 cm³/mol. The Morgan fingerprint density at radius 2 is 1.71 bits per heavy atom. The van der Waals surface area contributed by atoms with Crippen molar-refractivity contribution in [1.29, 1.82) is 0 Å². The minimum Gasteiger partial charge on any atom is -0.372 e. The smallest absolute Gasteiger partial charge is 0.255 e. The van der Waals surface area contributed by atoms with Crippen molar-refractivity contribution >= 4 is 23.5 Å². The van der Waals surface area contributed by atoms with Gasteiger partial charge in [-0.05, 0) is 63.8 Å². The zero-order valence-electron chi connectivity index (χ0n) is 17.8. The highest BCUT2D eigenvalue weighted by molar-refractivity contribution is 6.11. The van der Waals surface area contributed by atoms with Gasteiger partial charge in [0.2, 0.25) is 0 Å². The molecule has 0 spiro atoms. The van der Waals surface area contributed by atoms with Crippen molar-refractivity contribution in [3.63, 3.8) is 0 Å². The lowest BCUT2D eigenvalue weighted by Gasteiger charge is -2.31. The monoisotopic (exact) mass is 381 g/mol. The Bertz CT molecular complexity index is 710. The molecule has 4 heteroatoms. The number of carbonyl (C=O) groups excluding carboxylic acids is 1. The summed E-state index contributed by atoms with van der Waals surface area (Å²) in [6.07, 6.45) is 9.96. The molecule has 1 aromatic carbocycles. The van der Waals surface area contributed by atoms with Gasteiger partial charge in [-0.3, -0.25) is 14.7 Å². The van der Waals surface area contributed by atoms with Crippen molar-refractivity contribution in [2.75, 3.05) is 24.5 Å². The Morgan fingerprint density at radius 3 is 2.32 bits per heavy atom. The number of likely N-dealkylation sites (N-methyl/N-ethyl adjacent to an activating group) is 1. The van der Waals surface area contributed by atoms with E-state index < -0.39 is 0 Å². The van der Waals surface area contributed by atoms with Gasteiger partial charge in [-0.1, -0.05) is 31.4 Å². The quantitative estimate of drug-likeness (QED) is 0.628. The molecule has 4 nitrogen and oxygen atoms in total. The SMILES string of the molecule is CCN1C(=O)/C(=C\c2ccc(N(CC)CC)cc2)CCC1=NC1CCCCC1. The standard InChI is InChI=1S/C24H35N3O/c1-4-26(5-2)22-15-12-19(13-16-22)18-20-14-17-23(27(6-3)24(20)28)25-21-10-8-7-9-11-21/h12-13,15-16,18,21H,4-11,14,17H2,1-3H3/b20-18-,25-23?. The van der Waals surface area contributed by atoms with Crippen LogP contribution in [0.5, 0.6) is 0 Å². The topological polar surface area (TPSA) is 35.9 Å². The molecule has 0 N–H and O–H groups in total. The van der Waals surface area contributed by atoms with E-state index in [0.717, 1.165) is 42.9 Å². The van der Waals surface area contributed by atoms with E-state index in [9.17, 15) is 4.79 Å². The van der Waals surface area contributed by atoms with E-state index in [4.69, 9.17) is 4.99 Å². The number of rotatable bonds is 6. The average molecular weight is 382 g/mol. The number of benzene rings is 1. The lowest BCUT2D eigenvalue weighted by atomic mass is 9.95. The second-order valence-corrected chi connectivity index (χ2v) is 7.82. The number of amidine groups is 1. The summed E-state index contributed by atoms with van der Waals surface area (Å²) in [6.45, 7) is 9.10. The Balaban J connectivity index is 1.73. The molecule has 1 aromatic rings. The highest BCUT2D eigenvalue weighted by Crippen LogP contribution is 2.26. The van der Waals surface area contributed by atoms with Crippen LogP contribution in [0.4, 0.5) is 5.69 Å². The molecule has 1 amide bonds. The summed E-state index contributed by atoms with van der Waals surface area (Å²) in [7, 11) is 0. The van der Waals surface area contributed by atoms with Crippen LogP contribution in [-0.4, -0.2) is 42.3 Å². The Kier molecular flexibility index (Phi) is 7.30. The molecule has 0 bridgehead atoms. The number of anilines is 1. The fourth-order valence-electron chi connectivity index (χ4n) is 4.37. The number of hydrogen-bond donors (Lipinski definition) is 0. The van der Waals surface area contributed by atoms with Gasteiger partial charge >= 0.3 is 0 Å². The predicted octanol–water partition coefficient (Wildman–Crippen LogP) is 5.29. The Hall–Kier alpha value is -2.10. The maximum Gasteiger partial charge on any atom is 0.255 e.